The molecular formula is C62H117I3N2O25. The van der Waals surface area contributed by atoms with Gasteiger partial charge < -0.3 is 85.7 Å². The summed E-state index contributed by atoms with van der Waals surface area (Å²) in [5.41, 5.74) is 0. The molecule has 30 heteroatoms. The Bertz CT molecular complexity index is 1590. The summed E-state index contributed by atoms with van der Waals surface area (Å²) in [6, 6.07) is 0. The lowest BCUT2D eigenvalue weighted by Gasteiger charge is -2.12. The predicted octanol–water partition coefficient (Wildman–Crippen LogP) is 8.91. The summed E-state index contributed by atoms with van der Waals surface area (Å²) in [5, 5.41) is 17.8. The zero-order chi connectivity index (χ0) is 66.8. The number of rotatable bonds is 67. The molecule has 0 aromatic rings. The van der Waals surface area contributed by atoms with E-state index >= 15 is 0 Å². The number of unbranched alkanes of at least 4 members (excludes halogenated alkanes) is 16. The number of aliphatic carboxylic acids is 1. The Morgan fingerprint density at radius 1 is 0.315 bits per heavy atom. The quantitative estimate of drug-likeness (QED) is 0.0248. The highest BCUT2D eigenvalue weighted by Gasteiger charge is 2.32. The first-order valence-electron chi connectivity index (χ1n) is 32.7. The molecule has 2 N–H and O–H groups in total. The van der Waals surface area contributed by atoms with Crippen LogP contribution in [0.25, 0.3) is 0 Å². The van der Waals surface area contributed by atoms with E-state index in [1.54, 1.807) is 14.2 Å². The minimum absolute atomic E-state index is 0. The third-order valence-electron chi connectivity index (χ3n) is 12.9. The van der Waals surface area contributed by atoms with E-state index in [2.05, 4.69) is 37.2 Å². The van der Waals surface area contributed by atoms with Crippen LogP contribution in [-0.4, -0.2) is 268 Å². The van der Waals surface area contributed by atoms with Crippen molar-refractivity contribution >= 4 is 96.8 Å². The molecule has 2 heterocycles. The van der Waals surface area contributed by atoms with Gasteiger partial charge in [-0.25, -0.2) is 4.79 Å². The predicted molar refractivity (Wildman–Crippen MR) is 369 cm³/mol. The lowest BCUT2D eigenvalue weighted by atomic mass is 10.1. The topological polar surface area (TPSA) is 306 Å². The van der Waals surface area contributed by atoms with E-state index in [1.165, 1.54) is 51.4 Å². The maximum atomic E-state index is 11.8. The van der Waals surface area contributed by atoms with Crippen molar-refractivity contribution in [3.8, 4) is 0 Å². The number of methoxy groups -OCH3 is 2. The Hall–Kier alpha value is -1.27. The van der Waals surface area contributed by atoms with Crippen molar-refractivity contribution < 1.29 is 120 Å². The number of carboxylic acid groups (broad SMARTS) is 1. The van der Waals surface area contributed by atoms with Crippen LogP contribution in [-0.2, 0) is 109 Å². The van der Waals surface area contributed by atoms with Crippen LogP contribution >= 0.6 is 61.2 Å². The molecule has 546 valence electrons. The van der Waals surface area contributed by atoms with E-state index in [1.807, 2.05) is 0 Å². The van der Waals surface area contributed by atoms with Gasteiger partial charge in [0.05, 0.1) is 185 Å². The summed E-state index contributed by atoms with van der Waals surface area (Å²) in [7, 11) is 3.29. The monoisotopic (exact) mass is 1670 g/mol. The molecule has 2 aliphatic rings. The highest BCUT2D eigenvalue weighted by Crippen LogP contribution is 2.16. The van der Waals surface area contributed by atoms with Crippen LogP contribution in [0.1, 0.15) is 154 Å². The number of hydroxylamine groups is 4. The second kappa shape index (κ2) is 80.4. The Morgan fingerprint density at radius 2 is 0.511 bits per heavy atom. The van der Waals surface area contributed by atoms with Gasteiger partial charge in [0, 0.05) is 103 Å². The van der Waals surface area contributed by atoms with Gasteiger partial charge in [-0.1, -0.05) is 89.9 Å². The van der Waals surface area contributed by atoms with E-state index in [4.69, 9.17) is 90.9 Å². The molecule has 0 aliphatic carbocycles. The van der Waals surface area contributed by atoms with Crippen LogP contribution in [0.4, 0.5) is 0 Å². The summed E-state index contributed by atoms with van der Waals surface area (Å²) < 4.78 is 86.1. The molecule has 92 heavy (non-hydrogen) atoms. The smallest absolute Gasteiger partial charge is 0.333 e. The highest BCUT2D eigenvalue weighted by atomic mass is 128. The lowest BCUT2D eigenvalue weighted by Crippen LogP contribution is -2.31. The molecule has 4 amide bonds. The number of carbonyl (C=O) groups excluding carboxylic acids is 5. The molecule has 0 unspecified atom stereocenters. The maximum Gasteiger partial charge on any atom is 0.333 e. The second-order valence-corrected chi connectivity index (χ2v) is 20.5. The van der Waals surface area contributed by atoms with Crippen molar-refractivity contribution in [1.29, 1.82) is 0 Å². The molecule has 0 saturated carbocycles. The summed E-state index contributed by atoms with van der Waals surface area (Å²) >= 11 is 4.24. The third-order valence-corrected chi connectivity index (χ3v) is 12.9. The van der Waals surface area contributed by atoms with Gasteiger partial charge in [-0.05, 0) is 25.7 Å². The number of ether oxygens (including phenoxy) is 16. The molecule has 0 radical (unpaired) electrons. The zero-order valence-electron chi connectivity index (χ0n) is 55.5. The zero-order valence-corrected chi connectivity index (χ0v) is 62.2. The summed E-state index contributed by atoms with van der Waals surface area (Å²) in [6.07, 6.45) is 20.9. The molecule has 27 nitrogen and oxygen atoms in total. The Morgan fingerprint density at radius 3 is 0.728 bits per heavy atom. The number of amides is 4. The van der Waals surface area contributed by atoms with Crippen LogP contribution in [0.15, 0.2) is 0 Å². The van der Waals surface area contributed by atoms with E-state index in [0.29, 0.717) is 203 Å². The van der Waals surface area contributed by atoms with Gasteiger partial charge in [-0.2, -0.15) is 5.06 Å². The normalized spacial score (nSPS) is 12.8. The molecule has 0 atom stereocenters. The van der Waals surface area contributed by atoms with Crippen molar-refractivity contribution in [2.75, 3.05) is 212 Å². The minimum Gasteiger partial charge on any atom is -0.481 e. The van der Waals surface area contributed by atoms with E-state index in [-0.39, 0.29) is 61.1 Å². The van der Waals surface area contributed by atoms with Gasteiger partial charge in [-0.15, -0.1) is 29.0 Å². The van der Waals surface area contributed by atoms with Crippen molar-refractivity contribution in [2.24, 2.45) is 0 Å². The van der Waals surface area contributed by atoms with Gasteiger partial charge in [-0.3, -0.25) is 29.2 Å². The molecule has 2 aliphatic heterocycles. The SMILES string of the molecule is COCCOCCOCCOCCOCCOCCOCCOCCCCCCCCCCCC(=O)O.COCCOCCOCCOCCOCCOCCOCCOCCCCCCCCCCCC(=O)ON1C(=O)CCC1=O.I.II.O=C1CCC(=O)N1O. The van der Waals surface area contributed by atoms with Crippen LogP contribution in [0.3, 0.4) is 0 Å². The average Bonchev–Trinajstić information content (AvgIpc) is 2.32. The molecule has 0 aromatic carbocycles. The van der Waals surface area contributed by atoms with E-state index in [0.717, 1.165) is 71.0 Å². The lowest BCUT2D eigenvalue weighted by molar-refractivity contribution is -0.197. The van der Waals surface area contributed by atoms with Crippen molar-refractivity contribution in [2.45, 2.75) is 154 Å². The molecule has 0 bridgehead atoms. The molecule has 2 fully saturated rings. The summed E-state index contributed by atoms with van der Waals surface area (Å²) in [4.78, 5) is 70.4. The first-order valence-corrected chi connectivity index (χ1v) is 39.0. The summed E-state index contributed by atoms with van der Waals surface area (Å²) in [5.74, 6) is -3.08. The highest BCUT2D eigenvalue weighted by molar-refractivity contribution is 15.0. The van der Waals surface area contributed by atoms with Crippen LogP contribution in [0, 0.1) is 0 Å². The first kappa shape index (κ1) is 94.9. The average molecular weight is 1670 g/mol. The fraction of sp³-hybridized carbons (Fsp3) is 0.903. The van der Waals surface area contributed by atoms with Crippen molar-refractivity contribution in [3.63, 3.8) is 0 Å². The van der Waals surface area contributed by atoms with Crippen molar-refractivity contribution in [1.82, 2.24) is 10.1 Å². The van der Waals surface area contributed by atoms with Crippen LogP contribution < -0.4 is 0 Å². The van der Waals surface area contributed by atoms with E-state index in [9.17, 15) is 28.8 Å². The first-order chi connectivity index (χ1) is 44.6. The number of hydrogen-bond acceptors (Lipinski definition) is 24. The number of imide groups is 2. The largest absolute Gasteiger partial charge is 0.481 e. The number of carboxylic acids is 1. The van der Waals surface area contributed by atoms with Crippen LogP contribution in [0.2, 0.25) is 0 Å². The fourth-order valence-electron chi connectivity index (χ4n) is 7.93. The Kier molecular flexibility index (Phi) is 83.0. The van der Waals surface area contributed by atoms with Gasteiger partial charge in [0.15, 0.2) is 0 Å². The Labute approximate surface area is 589 Å². The second-order valence-electron chi connectivity index (χ2n) is 20.5. The number of carbonyl (C=O) groups is 6. The standard InChI is InChI=1S/C31H57NO12.C27H54O10.C4H5NO3.I2.HI/c1-36-15-16-38-19-20-40-23-24-42-27-28-43-26-25-41-22-21-39-18-17-37-14-10-8-6-4-2-3-5-7-9-11-31(35)44-32-29(33)12-13-30(32)34;1-30-13-14-32-17-18-34-21-22-36-25-26-37-24-23-35-20-19-33-16-15-31-12-10-8-6-4-2-3-5-7-9-11-27(28)29;6-3-1-2-4(7)5(3)8;1-2;/h2-28H2,1H3;2-26H2,1H3,(H,28,29);8H,1-2H2;;1H. The number of nitrogens with zero attached hydrogens (tertiary/aromatic N) is 2. The fourth-order valence-corrected chi connectivity index (χ4v) is 7.93. The van der Waals surface area contributed by atoms with Crippen molar-refractivity contribution in [3.05, 3.63) is 0 Å². The maximum absolute atomic E-state index is 11.8. The van der Waals surface area contributed by atoms with E-state index < -0.39 is 35.6 Å². The Balaban J connectivity index is -0.00000149. The number of hydrogen-bond donors (Lipinski definition) is 2. The molecule has 2 rings (SSSR count). The van der Waals surface area contributed by atoms with Gasteiger partial charge in [0.2, 0.25) is 0 Å². The van der Waals surface area contributed by atoms with Crippen LogP contribution in [0.5, 0.6) is 0 Å². The molecule has 0 aromatic heterocycles. The van der Waals surface area contributed by atoms with Gasteiger partial charge >= 0.3 is 11.9 Å². The minimum atomic E-state index is -0.686. The van der Waals surface area contributed by atoms with Gasteiger partial charge in [0.25, 0.3) is 23.6 Å². The van der Waals surface area contributed by atoms with Gasteiger partial charge in [0.1, 0.15) is 0 Å². The summed E-state index contributed by atoms with van der Waals surface area (Å²) in [6.45, 7) is 17.0. The molecule has 0 spiro atoms. The molecular weight excluding hydrogens is 1550 g/mol. The number of halogens is 3. The molecule has 2 saturated heterocycles. The third kappa shape index (κ3) is 73.0.